The van der Waals surface area contributed by atoms with Crippen LogP contribution in [0.4, 0.5) is 0 Å². The zero-order chi connectivity index (χ0) is 16.3. The van der Waals surface area contributed by atoms with E-state index in [4.69, 9.17) is 0 Å². The van der Waals surface area contributed by atoms with Gasteiger partial charge in [-0.1, -0.05) is 12.5 Å². The van der Waals surface area contributed by atoms with Crippen molar-refractivity contribution in [3.05, 3.63) is 29.3 Å². The van der Waals surface area contributed by atoms with Crippen LogP contribution < -0.4 is 5.32 Å². The van der Waals surface area contributed by atoms with Gasteiger partial charge in [0.25, 0.3) is 5.91 Å². The second-order valence-electron chi connectivity index (χ2n) is 6.69. The minimum absolute atomic E-state index is 0.0248. The number of hydrogen-bond donors (Lipinski definition) is 2. The summed E-state index contributed by atoms with van der Waals surface area (Å²) in [5.74, 6) is -0.117. The fourth-order valence-corrected chi connectivity index (χ4v) is 3.69. The first-order valence-electron chi connectivity index (χ1n) is 8.19. The van der Waals surface area contributed by atoms with Crippen LogP contribution in [-0.4, -0.2) is 46.2 Å². The number of nitrogens with zero attached hydrogens (tertiary/aromatic N) is 2. The number of likely N-dealkylation sites (tertiary alicyclic amines) is 1. The maximum atomic E-state index is 12.3. The summed E-state index contributed by atoms with van der Waals surface area (Å²) in [4.78, 5) is 15.9. The van der Waals surface area contributed by atoms with E-state index in [0.717, 1.165) is 23.7 Å². The number of nitrogens with one attached hydrogen (secondary N) is 2. The van der Waals surface area contributed by atoms with Gasteiger partial charge >= 0.3 is 0 Å². The Morgan fingerprint density at radius 2 is 2.17 bits per heavy atom. The fourth-order valence-electron chi connectivity index (χ4n) is 2.99. The number of piperidine rings is 1. The van der Waals surface area contributed by atoms with Crippen LogP contribution in [0.15, 0.2) is 23.6 Å². The van der Waals surface area contributed by atoms with Crippen molar-refractivity contribution in [2.45, 2.75) is 38.6 Å². The van der Waals surface area contributed by atoms with Crippen LogP contribution in [0.5, 0.6) is 0 Å². The summed E-state index contributed by atoms with van der Waals surface area (Å²) in [5.41, 5.74) is 1.31. The van der Waals surface area contributed by atoms with E-state index < -0.39 is 0 Å². The lowest BCUT2D eigenvalue weighted by Gasteiger charge is -2.41. The molecular weight excluding hydrogens is 308 g/mol. The van der Waals surface area contributed by atoms with Crippen LogP contribution >= 0.6 is 11.3 Å². The normalized spacial score (nSPS) is 16.4. The number of aromatic amines is 1. The van der Waals surface area contributed by atoms with Gasteiger partial charge in [0.15, 0.2) is 5.69 Å². The van der Waals surface area contributed by atoms with E-state index in [9.17, 15) is 4.79 Å². The molecule has 6 heteroatoms. The van der Waals surface area contributed by atoms with Crippen molar-refractivity contribution < 1.29 is 4.79 Å². The van der Waals surface area contributed by atoms with E-state index >= 15 is 0 Å². The molecule has 1 fully saturated rings. The molecule has 0 unspecified atom stereocenters. The second kappa shape index (κ2) is 6.84. The predicted molar refractivity (Wildman–Crippen MR) is 93.7 cm³/mol. The molecule has 3 heterocycles. The summed E-state index contributed by atoms with van der Waals surface area (Å²) in [6, 6.07) is 5.82. The third-order valence-electron chi connectivity index (χ3n) is 4.49. The number of thiophene rings is 1. The molecule has 2 aromatic heterocycles. The van der Waals surface area contributed by atoms with Gasteiger partial charge in [-0.15, -0.1) is 11.3 Å². The Morgan fingerprint density at radius 3 is 2.87 bits per heavy atom. The number of aromatic nitrogens is 2. The van der Waals surface area contributed by atoms with Gasteiger partial charge in [0, 0.05) is 12.1 Å². The minimum Gasteiger partial charge on any atom is -0.349 e. The van der Waals surface area contributed by atoms with Gasteiger partial charge < -0.3 is 5.32 Å². The van der Waals surface area contributed by atoms with E-state index in [1.807, 2.05) is 23.6 Å². The standard InChI is InChI=1S/C17H24N4OS/c1-17(2,21-8-4-3-5-9-21)12-18-16(22)14-11-13(19-20-14)15-7-6-10-23-15/h6-7,10-11H,3-5,8-9,12H2,1-2H3,(H,18,22)(H,19,20). The van der Waals surface area contributed by atoms with Crippen LogP contribution in [0.25, 0.3) is 10.6 Å². The Kier molecular flexibility index (Phi) is 4.82. The molecule has 0 bridgehead atoms. The summed E-state index contributed by atoms with van der Waals surface area (Å²) >= 11 is 1.63. The lowest BCUT2D eigenvalue weighted by Crippen LogP contribution is -2.53. The van der Waals surface area contributed by atoms with E-state index in [1.54, 1.807) is 11.3 Å². The molecule has 0 spiro atoms. The van der Waals surface area contributed by atoms with Gasteiger partial charge in [-0.3, -0.25) is 14.8 Å². The molecule has 3 rings (SSSR count). The number of amides is 1. The highest BCUT2D eigenvalue weighted by Gasteiger charge is 2.28. The van der Waals surface area contributed by atoms with Crippen LogP contribution in [0.3, 0.4) is 0 Å². The summed E-state index contributed by atoms with van der Waals surface area (Å²) in [5, 5.41) is 12.1. The second-order valence-corrected chi connectivity index (χ2v) is 7.63. The average molecular weight is 332 g/mol. The summed E-state index contributed by atoms with van der Waals surface area (Å²) in [7, 11) is 0. The van der Waals surface area contributed by atoms with Crippen molar-refractivity contribution in [3.63, 3.8) is 0 Å². The molecule has 0 aromatic carbocycles. The van der Waals surface area contributed by atoms with E-state index in [0.29, 0.717) is 12.2 Å². The molecule has 0 saturated carbocycles. The number of hydrogen-bond acceptors (Lipinski definition) is 4. The highest BCUT2D eigenvalue weighted by atomic mass is 32.1. The molecule has 2 aromatic rings. The SMILES string of the molecule is CC(C)(CNC(=O)c1cc(-c2cccs2)[nH]n1)N1CCCCC1. The van der Waals surface area contributed by atoms with Crippen molar-refractivity contribution in [1.82, 2.24) is 20.4 Å². The third-order valence-corrected chi connectivity index (χ3v) is 5.39. The smallest absolute Gasteiger partial charge is 0.271 e. The summed E-state index contributed by atoms with van der Waals surface area (Å²) < 4.78 is 0. The number of carbonyl (C=O) groups is 1. The van der Waals surface area contributed by atoms with Gasteiger partial charge in [-0.2, -0.15) is 5.10 Å². The van der Waals surface area contributed by atoms with Crippen molar-refractivity contribution in [1.29, 1.82) is 0 Å². The summed E-state index contributed by atoms with van der Waals surface area (Å²) in [6.07, 6.45) is 3.82. The van der Waals surface area contributed by atoms with Crippen LogP contribution in [0.1, 0.15) is 43.6 Å². The van der Waals surface area contributed by atoms with E-state index in [1.165, 1.54) is 19.3 Å². The molecule has 1 saturated heterocycles. The molecular formula is C17H24N4OS. The van der Waals surface area contributed by atoms with Crippen molar-refractivity contribution in [2.24, 2.45) is 0 Å². The zero-order valence-corrected chi connectivity index (χ0v) is 14.6. The highest BCUT2D eigenvalue weighted by molar-refractivity contribution is 7.13. The quantitative estimate of drug-likeness (QED) is 0.884. The Hall–Kier alpha value is -1.66. The molecule has 1 amide bonds. The Bertz CT molecular complexity index is 641. The number of H-pyrrole nitrogens is 1. The van der Waals surface area contributed by atoms with Gasteiger partial charge in [-0.25, -0.2) is 0 Å². The third kappa shape index (κ3) is 3.82. The first kappa shape index (κ1) is 16.2. The predicted octanol–water partition coefficient (Wildman–Crippen LogP) is 3.13. The molecule has 23 heavy (non-hydrogen) atoms. The van der Waals surface area contributed by atoms with E-state index in [2.05, 4.69) is 34.3 Å². The first-order valence-corrected chi connectivity index (χ1v) is 9.07. The molecule has 1 aliphatic rings. The molecule has 0 aliphatic carbocycles. The van der Waals surface area contributed by atoms with Crippen LogP contribution in [0, 0.1) is 0 Å². The van der Waals surface area contributed by atoms with Crippen LogP contribution in [0.2, 0.25) is 0 Å². The molecule has 5 nitrogen and oxygen atoms in total. The van der Waals surface area contributed by atoms with Gasteiger partial charge in [0.1, 0.15) is 0 Å². The summed E-state index contributed by atoms with van der Waals surface area (Å²) in [6.45, 7) is 7.26. The Morgan fingerprint density at radius 1 is 1.39 bits per heavy atom. The lowest BCUT2D eigenvalue weighted by atomic mass is 9.98. The first-order chi connectivity index (χ1) is 11.1. The fraction of sp³-hybridized carbons (Fsp3) is 0.529. The van der Waals surface area contributed by atoms with Crippen molar-refractivity contribution in [2.75, 3.05) is 19.6 Å². The average Bonchev–Trinajstić information content (AvgIpc) is 3.24. The Balaban J connectivity index is 1.58. The van der Waals surface area contributed by atoms with Crippen molar-refractivity contribution in [3.8, 4) is 10.6 Å². The van der Waals surface area contributed by atoms with Crippen LogP contribution in [-0.2, 0) is 0 Å². The Labute approximate surface area is 141 Å². The zero-order valence-electron chi connectivity index (χ0n) is 13.8. The number of rotatable bonds is 5. The van der Waals surface area contributed by atoms with Gasteiger partial charge in [0.2, 0.25) is 0 Å². The monoisotopic (exact) mass is 332 g/mol. The molecule has 1 aliphatic heterocycles. The highest BCUT2D eigenvalue weighted by Crippen LogP contribution is 2.23. The van der Waals surface area contributed by atoms with Gasteiger partial charge in [0.05, 0.1) is 10.6 Å². The topological polar surface area (TPSA) is 61.0 Å². The van der Waals surface area contributed by atoms with Gasteiger partial charge in [-0.05, 0) is 57.3 Å². The number of carbonyl (C=O) groups excluding carboxylic acids is 1. The van der Waals surface area contributed by atoms with E-state index in [-0.39, 0.29) is 11.4 Å². The molecule has 124 valence electrons. The lowest BCUT2D eigenvalue weighted by molar-refractivity contribution is 0.0794. The maximum absolute atomic E-state index is 12.3. The largest absolute Gasteiger partial charge is 0.349 e. The molecule has 0 radical (unpaired) electrons. The van der Waals surface area contributed by atoms with Crippen molar-refractivity contribution >= 4 is 17.2 Å². The minimum atomic E-state index is -0.117. The molecule has 0 atom stereocenters. The molecule has 2 N–H and O–H groups in total. The maximum Gasteiger partial charge on any atom is 0.271 e.